The van der Waals surface area contributed by atoms with Gasteiger partial charge in [0, 0.05) is 19.2 Å². The topological polar surface area (TPSA) is 114 Å². The Hall–Kier alpha value is -2.58. The van der Waals surface area contributed by atoms with Crippen molar-refractivity contribution in [3.05, 3.63) is 36.4 Å². The Morgan fingerprint density at radius 1 is 1.15 bits per heavy atom. The Kier molecular flexibility index (Phi) is 13.3. The van der Waals surface area contributed by atoms with Gasteiger partial charge in [0.1, 0.15) is 11.5 Å². The van der Waals surface area contributed by atoms with E-state index in [0.29, 0.717) is 6.61 Å². The number of allylic oxidation sites excluding steroid dienone is 1. The molecule has 0 amide bonds. The average Bonchev–Trinajstić information content (AvgIpc) is 2.62. The summed E-state index contributed by atoms with van der Waals surface area (Å²) in [6.45, 7) is 7.01. The molecule has 0 heterocycles. The van der Waals surface area contributed by atoms with Gasteiger partial charge in [0.15, 0.2) is 0 Å². The maximum atomic E-state index is 9.10. The minimum absolute atomic E-state index is 0.691. The van der Waals surface area contributed by atoms with Gasteiger partial charge < -0.3 is 29.7 Å². The number of nitrogens with one attached hydrogen (secondary N) is 1. The van der Waals surface area contributed by atoms with E-state index < -0.39 is 11.9 Å². The number of hydrogen-bond acceptors (Lipinski definition) is 6. The van der Waals surface area contributed by atoms with Crippen LogP contribution in [0.3, 0.4) is 0 Å². The summed E-state index contributed by atoms with van der Waals surface area (Å²) >= 11 is 0. The molecule has 0 aliphatic heterocycles. The molecule has 0 radical (unpaired) electrons. The molecule has 0 aromatic heterocycles. The highest BCUT2D eigenvalue weighted by Gasteiger charge is 2.05. The first-order valence-electron chi connectivity index (χ1n) is 8.02. The van der Waals surface area contributed by atoms with Crippen molar-refractivity contribution in [1.29, 1.82) is 0 Å². The molecule has 1 aromatic carbocycles. The van der Waals surface area contributed by atoms with Crippen LogP contribution in [0.4, 0.5) is 0 Å². The highest BCUT2D eigenvalue weighted by molar-refractivity contribution is 6.27. The summed E-state index contributed by atoms with van der Waals surface area (Å²) in [5.41, 5.74) is 1.10. The molecule has 0 saturated carbocycles. The molecular formula is C18H27NO7. The van der Waals surface area contributed by atoms with Crippen molar-refractivity contribution in [2.75, 3.05) is 40.5 Å². The molecule has 0 atom stereocenters. The summed E-state index contributed by atoms with van der Waals surface area (Å²) in [4.78, 5) is 18.2. The number of carbonyl (C=O) groups is 2. The number of hydrogen-bond donors (Lipinski definition) is 3. The molecule has 0 spiro atoms. The molecule has 0 fully saturated rings. The summed E-state index contributed by atoms with van der Waals surface area (Å²) in [6.07, 6.45) is 3.61. The van der Waals surface area contributed by atoms with E-state index >= 15 is 0 Å². The van der Waals surface area contributed by atoms with Gasteiger partial charge in [-0.3, -0.25) is 0 Å². The summed E-state index contributed by atoms with van der Waals surface area (Å²) in [5, 5.41) is 18.1. The molecule has 8 nitrogen and oxygen atoms in total. The molecule has 8 heteroatoms. The van der Waals surface area contributed by atoms with Gasteiger partial charge in [-0.2, -0.15) is 0 Å². The first-order chi connectivity index (χ1) is 12.5. The van der Waals surface area contributed by atoms with Crippen LogP contribution in [-0.4, -0.2) is 62.7 Å². The van der Waals surface area contributed by atoms with Crippen LogP contribution in [0, 0.1) is 0 Å². The van der Waals surface area contributed by atoms with Crippen LogP contribution in [0.25, 0.3) is 0 Å². The normalized spacial score (nSPS) is 9.62. The van der Waals surface area contributed by atoms with Crippen molar-refractivity contribution < 1.29 is 34.0 Å². The molecule has 1 aromatic rings. The average molecular weight is 369 g/mol. The molecule has 3 N–H and O–H groups in total. The largest absolute Gasteiger partial charge is 0.497 e. The Morgan fingerprint density at radius 3 is 2.38 bits per heavy atom. The minimum atomic E-state index is -1.82. The zero-order valence-electron chi connectivity index (χ0n) is 15.2. The second-order valence-corrected chi connectivity index (χ2v) is 5.02. The van der Waals surface area contributed by atoms with Crippen LogP contribution in [-0.2, 0) is 20.7 Å². The van der Waals surface area contributed by atoms with Crippen LogP contribution >= 0.6 is 0 Å². The molecule has 146 valence electrons. The van der Waals surface area contributed by atoms with E-state index in [4.69, 9.17) is 34.0 Å². The number of carboxylic acid groups (broad SMARTS) is 2. The van der Waals surface area contributed by atoms with Crippen LogP contribution in [0.1, 0.15) is 12.0 Å². The van der Waals surface area contributed by atoms with Gasteiger partial charge in [0.05, 0.1) is 20.3 Å². The molecular weight excluding hydrogens is 342 g/mol. The van der Waals surface area contributed by atoms with Gasteiger partial charge in [-0.1, -0.05) is 6.08 Å². The monoisotopic (exact) mass is 369 g/mol. The third kappa shape index (κ3) is 11.1. The predicted molar refractivity (Wildman–Crippen MR) is 97.0 cm³/mol. The van der Waals surface area contributed by atoms with Crippen LogP contribution < -0.4 is 14.8 Å². The number of aliphatic carboxylic acids is 2. The number of carboxylic acids is 2. The second kappa shape index (κ2) is 14.7. The van der Waals surface area contributed by atoms with E-state index in [-0.39, 0.29) is 0 Å². The van der Waals surface area contributed by atoms with Crippen molar-refractivity contribution in [3.8, 4) is 11.5 Å². The summed E-state index contributed by atoms with van der Waals surface area (Å²) < 4.78 is 16.0. The lowest BCUT2D eigenvalue weighted by Gasteiger charge is -2.12. The smallest absolute Gasteiger partial charge is 0.414 e. The fourth-order valence-electron chi connectivity index (χ4n) is 1.82. The Bertz CT molecular complexity index is 548. The SMILES string of the molecule is C=CCc1cc(OC)ccc1OCCCNCCOC.O=C(O)C(=O)O. The first-order valence-corrected chi connectivity index (χ1v) is 8.02. The van der Waals surface area contributed by atoms with Crippen molar-refractivity contribution in [3.63, 3.8) is 0 Å². The number of benzene rings is 1. The number of methoxy groups -OCH3 is 2. The number of ether oxygens (including phenoxy) is 3. The lowest BCUT2D eigenvalue weighted by atomic mass is 10.1. The van der Waals surface area contributed by atoms with Crippen molar-refractivity contribution in [2.24, 2.45) is 0 Å². The third-order valence-corrected chi connectivity index (χ3v) is 3.05. The maximum Gasteiger partial charge on any atom is 0.414 e. The van der Waals surface area contributed by atoms with Gasteiger partial charge in [-0.15, -0.1) is 6.58 Å². The zero-order valence-corrected chi connectivity index (χ0v) is 15.2. The molecule has 0 aliphatic rings. The van der Waals surface area contributed by atoms with E-state index in [0.717, 1.165) is 49.6 Å². The molecule has 0 saturated heterocycles. The molecule has 0 aliphatic carbocycles. The highest BCUT2D eigenvalue weighted by Crippen LogP contribution is 2.25. The van der Waals surface area contributed by atoms with Crippen LogP contribution in [0.5, 0.6) is 11.5 Å². The van der Waals surface area contributed by atoms with Gasteiger partial charge in [-0.25, -0.2) is 9.59 Å². The molecule has 1 rings (SSSR count). The molecule has 26 heavy (non-hydrogen) atoms. The van der Waals surface area contributed by atoms with Gasteiger partial charge in [0.2, 0.25) is 0 Å². The Balaban J connectivity index is 0.000000896. The van der Waals surface area contributed by atoms with Crippen molar-refractivity contribution in [1.82, 2.24) is 5.32 Å². The van der Waals surface area contributed by atoms with Crippen molar-refractivity contribution >= 4 is 11.9 Å². The Morgan fingerprint density at radius 2 is 1.85 bits per heavy atom. The molecule has 0 bridgehead atoms. The Labute approximate surface area is 153 Å². The first kappa shape index (κ1) is 23.4. The summed E-state index contributed by atoms with van der Waals surface area (Å²) in [6, 6.07) is 5.86. The lowest BCUT2D eigenvalue weighted by molar-refractivity contribution is -0.159. The highest BCUT2D eigenvalue weighted by atomic mass is 16.5. The molecule has 0 unspecified atom stereocenters. The maximum absolute atomic E-state index is 9.10. The van der Waals surface area contributed by atoms with Crippen LogP contribution in [0.15, 0.2) is 30.9 Å². The van der Waals surface area contributed by atoms with Gasteiger partial charge >= 0.3 is 11.9 Å². The summed E-state index contributed by atoms with van der Waals surface area (Å²) in [5.74, 6) is -1.90. The third-order valence-electron chi connectivity index (χ3n) is 3.05. The van der Waals surface area contributed by atoms with Crippen LogP contribution in [0.2, 0.25) is 0 Å². The summed E-state index contributed by atoms with van der Waals surface area (Å²) in [7, 11) is 3.37. The van der Waals surface area contributed by atoms with Gasteiger partial charge in [0.25, 0.3) is 0 Å². The van der Waals surface area contributed by atoms with E-state index in [1.165, 1.54) is 0 Å². The van der Waals surface area contributed by atoms with Crippen molar-refractivity contribution in [2.45, 2.75) is 12.8 Å². The predicted octanol–water partition coefficient (Wildman–Crippen LogP) is 1.58. The fraction of sp³-hybridized carbons (Fsp3) is 0.444. The standard InChI is InChI=1S/C16H25NO3.C2H2O4/c1-4-6-14-13-15(19-3)7-8-16(14)20-11-5-9-17-10-12-18-2;3-1(4)2(5)6/h4,7-8,13,17H,1,5-6,9-12H2,2-3H3;(H,3,4)(H,5,6). The second-order valence-electron chi connectivity index (χ2n) is 5.02. The fourth-order valence-corrected chi connectivity index (χ4v) is 1.82. The number of rotatable bonds is 11. The van der Waals surface area contributed by atoms with Gasteiger partial charge in [-0.05, 0) is 37.6 Å². The quantitative estimate of drug-likeness (QED) is 0.306. The van der Waals surface area contributed by atoms with E-state index in [9.17, 15) is 0 Å². The minimum Gasteiger partial charge on any atom is -0.497 e. The zero-order chi connectivity index (χ0) is 19.8. The van der Waals surface area contributed by atoms with E-state index in [1.807, 2.05) is 24.3 Å². The lowest BCUT2D eigenvalue weighted by Crippen LogP contribution is -2.21. The van der Waals surface area contributed by atoms with E-state index in [1.54, 1.807) is 14.2 Å². The van der Waals surface area contributed by atoms with E-state index in [2.05, 4.69) is 11.9 Å².